The van der Waals surface area contributed by atoms with Crippen LogP contribution in [0, 0.1) is 0 Å². The van der Waals surface area contributed by atoms with Gasteiger partial charge in [-0.15, -0.1) is 0 Å². The van der Waals surface area contributed by atoms with Gasteiger partial charge in [-0.2, -0.15) is 0 Å². The highest BCUT2D eigenvalue weighted by molar-refractivity contribution is 5.97. The van der Waals surface area contributed by atoms with Crippen LogP contribution in [0.1, 0.15) is 93.6 Å². The first-order chi connectivity index (χ1) is 8.97. The van der Waals surface area contributed by atoms with Crippen molar-refractivity contribution in [3.05, 3.63) is 34.9 Å². The summed E-state index contributed by atoms with van der Waals surface area (Å²) in [6.45, 7) is 10.9. The molecule has 1 aromatic rings. The molecule has 0 bridgehead atoms. The van der Waals surface area contributed by atoms with Gasteiger partial charge in [-0.1, -0.05) is 65.7 Å². The molecule has 0 aliphatic carbocycles. The lowest BCUT2D eigenvalue weighted by atomic mass is 9.89. The Morgan fingerprint density at radius 2 is 1.74 bits per heavy atom. The van der Waals surface area contributed by atoms with Gasteiger partial charge in [0.15, 0.2) is 5.78 Å². The summed E-state index contributed by atoms with van der Waals surface area (Å²) < 4.78 is 0. The van der Waals surface area contributed by atoms with Gasteiger partial charge >= 0.3 is 0 Å². The maximum atomic E-state index is 12.3. The average molecular weight is 260 g/mol. The minimum Gasteiger partial charge on any atom is -0.294 e. The Kier molecular flexibility index (Phi) is 6.27. The topological polar surface area (TPSA) is 17.1 Å². The molecule has 0 fully saturated rings. The molecule has 0 aromatic heterocycles. The predicted molar refractivity (Wildman–Crippen MR) is 83.1 cm³/mol. The van der Waals surface area contributed by atoms with Crippen LogP contribution in [0.5, 0.6) is 0 Å². The smallest absolute Gasteiger partial charge is 0.163 e. The van der Waals surface area contributed by atoms with E-state index in [2.05, 4.69) is 46.8 Å². The van der Waals surface area contributed by atoms with Crippen LogP contribution in [-0.4, -0.2) is 5.78 Å². The van der Waals surface area contributed by atoms with E-state index in [4.69, 9.17) is 0 Å². The van der Waals surface area contributed by atoms with Gasteiger partial charge in [0.25, 0.3) is 0 Å². The largest absolute Gasteiger partial charge is 0.294 e. The first-order valence-corrected chi connectivity index (χ1v) is 7.64. The van der Waals surface area contributed by atoms with E-state index in [1.165, 1.54) is 11.1 Å². The lowest BCUT2D eigenvalue weighted by Crippen LogP contribution is -2.06. The Morgan fingerprint density at radius 1 is 1.05 bits per heavy atom. The molecule has 0 radical (unpaired) electrons. The molecule has 0 atom stereocenters. The van der Waals surface area contributed by atoms with Gasteiger partial charge in [-0.25, -0.2) is 0 Å². The molecular weight excluding hydrogens is 232 g/mol. The fourth-order valence-electron chi connectivity index (χ4n) is 2.34. The number of carbonyl (C=O) groups is 1. The number of hydrogen-bond donors (Lipinski definition) is 0. The van der Waals surface area contributed by atoms with Gasteiger partial charge in [0.2, 0.25) is 0 Å². The fourth-order valence-corrected chi connectivity index (χ4v) is 2.34. The van der Waals surface area contributed by atoms with E-state index in [1.807, 2.05) is 6.07 Å². The van der Waals surface area contributed by atoms with E-state index in [0.717, 1.165) is 24.8 Å². The lowest BCUT2D eigenvalue weighted by molar-refractivity contribution is 0.0978. The monoisotopic (exact) mass is 260 g/mol. The van der Waals surface area contributed by atoms with Crippen LogP contribution in [0.15, 0.2) is 18.2 Å². The molecule has 0 aliphatic heterocycles. The van der Waals surface area contributed by atoms with E-state index in [9.17, 15) is 4.79 Å². The lowest BCUT2D eigenvalue weighted by Gasteiger charge is -2.15. The summed E-state index contributed by atoms with van der Waals surface area (Å²) in [7, 11) is 0. The second-order valence-corrected chi connectivity index (χ2v) is 6.04. The Hall–Kier alpha value is -1.11. The minimum atomic E-state index is 0.312. The second-order valence-electron chi connectivity index (χ2n) is 6.04. The van der Waals surface area contributed by atoms with E-state index in [-0.39, 0.29) is 0 Å². The Balaban J connectivity index is 2.96. The molecular formula is C18H28O. The number of unbranched alkanes of at least 4 members (excludes halogenated alkanes) is 2. The van der Waals surface area contributed by atoms with Crippen molar-refractivity contribution in [2.75, 3.05) is 0 Å². The highest BCUT2D eigenvalue weighted by Gasteiger charge is 2.15. The van der Waals surface area contributed by atoms with Crippen LogP contribution in [0.4, 0.5) is 0 Å². The number of hydrogen-bond acceptors (Lipinski definition) is 1. The van der Waals surface area contributed by atoms with Crippen molar-refractivity contribution < 1.29 is 4.79 Å². The number of benzene rings is 1. The van der Waals surface area contributed by atoms with Crippen molar-refractivity contribution in [1.29, 1.82) is 0 Å². The van der Waals surface area contributed by atoms with Crippen LogP contribution >= 0.6 is 0 Å². The molecule has 19 heavy (non-hydrogen) atoms. The molecule has 1 rings (SSSR count). The molecule has 106 valence electrons. The summed E-state index contributed by atoms with van der Waals surface area (Å²) in [5.74, 6) is 1.23. The van der Waals surface area contributed by atoms with Crippen molar-refractivity contribution in [2.45, 2.75) is 72.1 Å². The third kappa shape index (κ3) is 4.49. The van der Waals surface area contributed by atoms with Gasteiger partial charge in [-0.05, 0) is 29.4 Å². The third-order valence-electron chi connectivity index (χ3n) is 3.67. The molecule has 1 nitrogen and oxygen atoms in total. The molecule has 0 heterocycles. The molecule has 0 aliphatic rings. The van der Waals surface area contributed by atoms with Gasteiger partial charge in [0.05, 0.1) is 0 Å². The summed E-state index contributed by atoms with van der Waals surface area (Å²) in [5.41, 5.74) is 3.48. The van der Waals surface area contributed by atoms with Gasteiger partial charge < -0.3 is 0 Å². The fraction of sp³-hybridized carbons (Fsp3) is 0.611. The number of carbonyl (C=O) groups excluding carboxylic acids is 1. The summed E-state index contributed by atoms with van der Waals surface area (Å²) in [6, 6.07) is 6.38. The van der Waals surface area contributed by atoms with Crippen molar-refractivity contribution in [2.24, 2.45) is 0 Å². The summed E-state index contributed by atoms with van der Waals surface area (Å²) in [6.07, 6.45) is 4.01. The summed E-state index contributed by atoms with van der Waals surface area (Å²) >= 11 is 0. The normalized spacial score (nSPS) is 11.3. The van der Waals surface area contributed by atoms with Gasteiger partial charge in [0.1, 0.15) is 0 Å². The van der Waals surface area contributed by atoms with E-state index < -0.39 is 0 Å². The summed E-state index contributed by atoms with van der Waals surface area (Å²) in [5, 5.41) is 0. The quantitative estimate of drug-likeness (QED) is 0.454. The highest BCUT2D eigenvalue weighted by atomic mass is 16.1. The molecule has 0 unspecified atom stereocenters. The Morgan fingerprint density at radius 3 is 2.26 bits per heavy atom. The van der Waals surface area contributed by atoms with Crippen molar-refractivity contribution in [1.82, 2.24) is 0 Å². The molecule has 0 N–H and O–H groups in total. The number of Topliss-reactive ketones (excluding diaryl/α,β-unsaturated/α-hetero) is 1. The molecule has 0 saturated heterocycles. The second kappa shape index (κ2) is 7.47. The minimum absolute atomic E-state index is 0.312. The van der Waals surface area contributed by atoms with E-state index in [1.54, 1.807) is 0 Å². The zero-order chi connectivity index (χ0) is 14.4. The maximum absolute atomic E-state index is 12.3. The third-order valence-corrected chi connectivity index (χ3v) is 3.67. The first-order valence-electron chi connectivity index (χ1n) is 7.64. The van der Waals surface area contributed by atoms with Crippen LogP contribution < -0.4 is 0 Å². The zero-order valence-electron chi connectivity index (χ0n) is 13.1. The number of ketones is 1. The van der Waals surface area contributed by atoms with Crippen molar-refractivity contribution in [3.8, 4) is 0 Å². The van der Waals surface area contributed by atoms with Crippen LogP contribution in [-0.2, 0) is 0 Å². The predicted octanol–water partition coefficient (Wildman–Crippen LogP) is 5.70. The molecule has 1 aromatic carbocycles. The summed E-state index contributed by atoms with van der Waals surface area (Å²) in [4.78, 5) is 12.3. The molecule has 1 heteroatoms. The van der Waals surface area contributed by atoms with E-state index >= 15 is 0 Å². The number of rotatable bonds is 7. The highest BCUT2D eigenvalue weighted by Crippen LogP contribution is 2.26. The maximum Gasteiger partial charge on any atom is 0.163 e. The molecule has 0 spiro atoms. The standard InChI is InChI=1S/C18H28O/c1-6-7-8-9-18(19)16-11-10-15(13(2)3)12-17(16)14(4)5/h10-14H,6-9H2,1-5H3. The van der Waals surface area contributed by atoms with Crippen LogP contribution in [0.3, 0.4) is 0 Å². The average Bonchev–Trinajstić information content (AvgIpc) is 2.38. The SMILES string of the molecule is CCCCCC(=O)c1ccc(C(C)C)cc1C(C)C. The van der Waals surface area contributed by atoms with Crippen LogP contribution in [0.25, 0.3) is 0 Å². The van der Waals surface area contributed by atoms with E-state index in [0.29, 0.717) is 24.0 Å². The Bertz CT molecular complexity index is 416. The first kappa shape index (κ1) is 15.9. The zero-order valence-corrected chi connectivity index (χ0v) is 13.1. The molecule has 0 amide bonds. The van der Waals surface area contributed by atoms with Gasteiger partial charge in [0, 0.05) is 12.0 Å². The Labute approximate surface area is 118 Å². The van der Waals surface area contributed by atoms with Gasteiger partial charge in [-0.3, -0.25) is 4.79 Å². The van der Waals surface area contributed by atoms with Crippen molar-refractivity contribution in [3.63, 3.8) is 0 Å². The van der Waals surface area contributed by atoms with Crippen LogP contribution in [0.2, 0.25) is 0 Å². The molecule has 0 saturated carbocycles. The van der Waals surface area contributed by atoms with Crippen molar-refractivity contribution >= 4 is 5.78 Å².